The quantitative estimate of drug-likeness (QED) is 0.340. The van der Waals surface area contributed by atoms with E-state index in [1.807, 2.05) is 61.6 Å². The number of nitrogens with zero attached hydrogens (tertiary/aromatic N) is 3. The van der Waals surface area contributed by atoms with Gasteiger partial charge in [-0.15, -0.1) is 13.2 Å². The van der Waals surface area contributed by atoms with E-state index >= 15 is 0 Å². The predicted molar refractivity (Wildman–Crippen MR) is 162 cm³/mol. The number of carbonyl (C=O) groups excluding carboxylic acids is 1. The van der Waals surface area contributed by atoms with E-state index in [9.17, 15) is 18.0 Å². The van der Waals surface area contributed by atoms with E-state index in [2.05, 4.69) is 26.0 Å². The molecule has 0 unspecified atom stereocenters. The standard InChI is InChI=1S/C34H31F3N4O2/c1-22-32(29-6-4-2-3-5-27(29)21-38-22)33(42)39-20-23-7-13-30-26(19-23)10-14-31(40-30)41-17-15-25(16-18-41)24-8-11-28(12-9-24)43-34(35,36)37/h2-14,19,25H,15-18,20-21H2,1H3,(H,39,42). The Morgan fingerprint density at radius 1 is 1.02 bits per heavy atom. The zero-order chi connectivity index (χ0) is 30.0. The Morgan fingerprint density at radius 2 is 1.81 bits per heavy atom. The maximum absolute atomic E-state index is 13.2. The summed E-state index contributed by atoms with van der Waals surface area (Å²) in [5.74, 6) is 0.826. The Morgan fingerprint density at radius 3 is 2.58 bits per heavy atom. The number of amides is 1. The molecule has 0 atom stereocenters. The van der Waals surface area contributed by atoms with Crippen molar-refractivity contribution < 1.29 is 22.7 Å². The molecule has 1 saturated heterocycles. The van der Waals surface area contributed by atoms with Gasteiger partial charge in [0.2, 0.25) is 0 Å². The van der Waals surface area contributed by atoms with Crippen LogP contribution in [0.25, 0.3) is 10.9 Å². The summed E-state index contributed by atoms with van der Waals surface area (Å²) < 4.78 is 41.4. The normalized spacial score (nSPS) is 17.3. The molecule has 2 aliphatic heterocycles. The van der Waals surface area contributed by atoms with Crippen molar-refractivity contribution in [1.29, 1.82) is 0 Å². The third-order valence-corrected chi connectivity index (χ3v) is 8.07. The number of aliphatic imine (C=N–C) groups is 1. The summed E-state index contributed by atoms with van der Waals surface area (Å²) >= 11 is 0. The molecule has 0 radical (unpaired) electrons. The number of dihydropyridines is 1. The van der Waals surface area contributed by atoms with E-state index in [1.54, 1.807) is 12.1 Å². The van der Waals surface area contributed by atoms with Crippen molar-refractivity contribution in [2.24, 2.45) is 4.99 Å². The Bertz CT molecular complexity index is 1690. The molecule has 1 aromatic heterocycles. The highest BCUT2D eigenvalue weighted by molar-refractivity contribution is 6.22. The number of allylic oxidation sites excluding steroid dienone is 5. The molecule has 43 heavy (non-hydrogen) atoms. The van der Waals surface area contributed by atoms with Crippen LogP contribution in [0.5, 0.6) is 5.75 Å². The van der Waals surface area contributed by atoms with Crippen LogP contribution in [0.15, 0.2) is 107 Å². The smallest absolute Gasteiger partial charge is 0.406 e. The van der Waals surface area contributed by atoms with Crippen molar-refractivity contribution in [2.75, 3.05) is 24.5 Å². The number of anilines is 1. The van der Waals surface area contributed by atoms with E-state index in [0.29, 0.717) is 18.7 Å². The molecule has 3 aliphatic rings. The van der Waals surface area contributed by atoms with Gasteiger partial charge in [-0.2, -0.15) is 0 Å². The van der Waals surface area contributed by atoms with Gasteiger partial charge in [-0.25, -0.2) is 4.98 Å². The number of nitrogens with one attached hydrogen (secondary N) is 1. The average Bonchev–Trinajstić information content (AvgIpc) is 3.25. The Balaban J connectivity index is 1.07. The molecule has 1 amide bonds. The maximum atomic E-state index is 13.2. The maximum Gasteiger partial charge on any atom is 0.573 e. The minimum atomic E-state index is -4.69. The first-order valence-electron chi connectivity index (χ1n) is 14.3. The van der Waals surface area contributed by atoms with Crippen molar-refractivity contribution in [2.45, 2.75) is 38.6 Å². The highest BCUT2D eigenvalue weighted by Crippen LogP contribution is 2.32. The number of pyridine rings is 1. The first-order valence-corrected chi connectivity index (χ1v) is 14.3. The molecule has 0 saturated carbocycles. The van der Waals surface area contributed by atoms with Gasteiger partial charge in [0.05, 0.1) is 17.6 Å². The summed E-state index contributed by atoms with van der Waals surface area (Å²) in [6.45, 7) is 4.44. The first-order chi connectivity index (χ1) is 20.7. The topological polar surface area (TPSA) is 66.8 Å². The van der Waals surface area contributed by atoms with E-state index in [-0.39, 0.29) is 17.6 Å². The van der Waals surface area contributed by atoms with Gasteiger partial charge >= 0.3 is 6.36 Å². The highest BCUT2D eigenvalue weighted by atomic mass is 19.4. The van der Waals surface area contributed by atoms with Crippen molar-refractivity contribution in [3.05, 3.63) is 113 Å². The molecule has 1 aliphatic carbocycles. The number of hydrogen-bond donors (Lipinski definition) is 1. The summed E-state index contributed by atoms with van der Waals surface area (Å²) in [7, 11) is 0. The predicted octanol–water partition coefficient (Wildman–Crippen LogP) is 6.96. The minimum Gasteiger partial charge on any atom is -0.406 e. The van der Waals surface area contributed by atoms with Gasteiger partial charge in [0, 0.05) is 30.7 Å². The van der Waals surface area contributed by atoms with Crippen molar-refractivity contribution in [3.63, 3.8) is 0 Å². The number of aromatic nitrogens is 1. The van der Waals surface area contributed by atoms with Gasteiger partial charge in [0.15, 0.2) is 0 Å². The second-order valence-corrected chi connectivity index (χ2v) is 10.9. The summed E-state index contributed by atoms with van der Waals surface area (Å²) in [5.41, 5.74) is 6.18. The van der Waals surface area contributed by atoms with Gasteiger partial charge in [0.25, 0.3) is 5.91 Å². The second-order valence-electron chi connectivity index (χ2n) is 10.9. The lowest BCUT2D eigenvalue weighted by atomic mass is 9.89. The van der Waals surface area contributed by atoms with Gasteiger partial charge in [0.1, 0.15) is 11.6 Å². The Labute approximate surface area is 248 Å². The van der Waals surface area contributed by atoms with Crippen molar-refractivity contribution in [3.8, 4) is 5.75 Å². The summed E-state index contributed by atoms with van der Waals surface area (Å²) in [4.78, 5) is 24.9. The largest absolute Gasteiger partial charge is 0.573 e. The molecule has 220 valence electrons. The van der Waals surface area contributed by atoms with Crippen LogP contribution in [0.4, 0.5) is 19.0 Å². The molecule has 1 N–H and O–H groups in total. The summed E-state index contributed by atoms with van der Waals surface area (Å²) in [6.07, 6.45) is 6.89. The van der Waals surface area contributed by atoms with Gasteiger partial charge in [-0.3, -0.25) is 9.79 Å². The average molecular weight is 585 g/mol. The Kier molecular flexibility index (Phi) is 7.88. The fourth-order valence-electron chi connectivity index (χ4n) is 5.84. The fraction of sp³-hybridized carbons (Fsp3) is 0.265. The van der Waals surface area contributed by atoms with Crippen LogP contribution < -0.4 is 15.0 Å². The number of piperidine rings is 1. The number of benzene rings is 2. The fourth-order valence-corrected chi connectivity index (χ4v) is 5.84. The summed E-state index contributed by atoms with van der Waals surface area (Å²) in [6, 6.07) is 16.3. The van der Waals surface area contributed by atoms with E-state index in [0.717, 1.165) is 70.6 Å². The minimum absolute atomic E-state index is 0.143. The lowest BCUT2D eigenvalue weighted by Gasteiger charge is -2.33. The van der Waals surface area contributed by atoms with Crippen LogP contribution in [0.3, 0.4) is 0 Å². The molecule has 3 aromatic rings. The van der Waals surface area contributed by atoms with Crippen molar-refractivity contribution >= 4 is 28.3 Å². The molecular formula is C34H31F3N4O2. The number of rotatable bonds is 6. The number of halogens is 3. The van der Waals surface area contributed by atoms with Crippen LogP contribution in [0.2, 0.25) is 0 Å². The first kappa shape index (κ1) is 28.5. The number of fused-ring (bicyclic) bond motifs is 2. The lowest BCUT2D eigenvalue weighted by Crippen LogP contribution is -2.33. The SMILES string of the molecule is CC1=NCC2=CC=CC=CC2=C1C(=O)NCc1ccc2nc(N3CCC(c4ccc(OC(F)(F)F)cc4)CC3)ccc2c1. The summed E-state index contributed by atoms with van der Waals surface area (Å²) in [5, 5.41) is 4.06. The van der Waals surface area contributed by atoms with Gasteiger partial charge < -0.3 is 15.0 Å². The van der Waals surface area contributed by atoms with E-state index in [1.165, 1.54) is 12.1 Å². The molecule has 3 heterocycles. The molecule has 0 spiro atoms. The van der Waals surface area contributed by atoms with Crippen LogP contribution >= 0.6 is 0 Å². The number of carbonyl (C=O) groups is 1. The van der Waals surface area contributed by atoms with E-state index in [4.69, 9.17) is 4.98 Å². The number of alkyl halides is 3. The number of hydrogen-bond acceptors (Lipinski definition) is 5. The lowest BCUT2D eigenvalue weighted by molar-refractivity contribution is -0.274. The second kappa shape index (κ2) is 11.9. The van der Waals surface area contributed by atoms with Crippen LogP contribution in [-0.2, 0) is 11.3 Å². The van der Waals surface area contributed by atoms with E-state index < -0.39 is 6.36 Å². The molecule has 6 nitrogen and oxygen atoms in total. The van der Waals surface area contributed by atoms with Crippen LogP contribution in [0.1, 0.15) is 36.8 Å². The molecule has 2 aromatic carbocycles. The monoisotopic (exact) mass is 584 g/mol. The molecule has 1 fully saturated rings. The third kappa shape index (κ3) is 6.56. The van der Waals surface area contributed by atoms with Crippen molar-refractivity contribution in [1.82, 2.24) is 10.3 Å². The molecule has 6 rings (SSSR count). The van der Waals surface area contributed by atoms with Crippen LogP contribution in [0, 0.1) is 0 Å². The number of ether oxygens (including phenoxy) is 1. The highest BCUT2D eigenvalue weighted by Gasteiger charge is 2.31. The van der Waals surface area contributed by atoms with Gasteiger partial charge in [-0.05, 0) is 84.4 Å². The van der Waals surface area contributed by atoms with Gasteiger partial charge in [-0.1, -0.05) is 48.6 Å². The molecular weight excluding hydrogens is 553 g/mol. The molecule has 0 bridgehead atoms. The zero-order valence-electron chi connectivity index (χ0n) is 23.7. The third-order valence-electron chi connectivity index (χ3n) is 8.07. The zero-order valence-corrected chi connectivity index (χ0v) is 23.7. The Hall–Kier alpha value is -4.66. The molecule has 9 heteroatoms. The van der Waals surface area contributed by atoms with Crippen LogP contribution in [-0.4, -0.2) is 42.6 Å².